The molecule has 2 N–H and O–H groups in total. The lowest BCUT2D eigenvalue weighted by Gasteiger charge is -2.16. The summed E-state index contributed by atoms with van der Waals surface area (Å²) in [5.41, 5.74) is 1.93. The summed E-state index contributed by atoms with van der Waals surface area (Å²) in [5, 5.41) is 6.18. The maximum atomic E-state index is 13.8. The van der Waals surface area contributed by atoms with Gasteiger partial charge in [-0.1, -0.05) is 6.07 Å². The second-order valence-corrected chi connectivity index (χ2v) is 5.49. The first-order chi connectivity index (χ1) is 11.5. The molecular weight excluding hydrogens is 327 g/mol. The number of benzene rings is 2. The molecule has 0 radical (unpaired) electrons. The SMILES string of the molecule is CCOc1ccc(OCC)c(NC(=S)Nc2cc(C)ccc2F)c1. The summed E-state index contributed by atoms with van der Waals surface area (Å²) in [6, 6.07) is 10.2. The largest absolute Gasteiger partial charge is 0.494 e. The maximum absolute atomic E-state index is 13.8. The van der Waals surface area contributed by atoms with Gasteiger partial charge in [-0.05, 0) is 62.8 Å². The van der Waals surface area contributed by atoms with Crippen molar-refractivity contribution in [3.8, 4) is 11.5 Å². The van der Waals surface area contributed by atoms with Crippen molar-refractivity contribution in [1.29, 1.82) is 0 Å². The molecule has 2 rings (SSSR count). The van der Waals surface area contributed by atoms with Crippen molar-refractivity contribution in [2.24, 2.45) is 0 Å². The topological polar surface area (TPSA) is 42.5 Å². The van der Waals surface area contributed by atoms with Crippen LogP contribution >= 0.6 is 12.2 Å². The second-order valence-electron chi connectivity index (χ2n) is 5.09. The Hall–Kier alpha value is -2.34. The number of thiocarbonyl (C=S) groups is 1. The van der Waals surface area contributed by atoms with Crippen LogP contribution in [0.2, 0.25) is 0 Å². The molecule has 24 heavy (non-hydrogen) atoms. The van der Waals surface area contributed by atoms with Crippen LogP contribution in [0.25, 0.3) is 0 Å². The van der Waals surface area contributed by atoms with Gasteiger partial charge < -0.3 is 20.1 Å². The van der Waals surface area contributed by atoms with E-state index in [2.05, 4.69) is 10.6 Å². The van der Waals surface area contributed by atoms with E-state index in [4.69, 9.17) is 21.7 Å². The molecule has 128 valence electrons. The van der Waals surface area contributed by atoms with Gasteiger partial charge in [0.25, 0.3) is 0 Å². The van der Waals surface area contributed by atoms with Gasteiger partial charge in [0, 0.05) is 6.07 Å². The minimum Gasteiger partial charge on any atom is -0.494 e. The Morgan fingerprint density at radius 3 is 2.42 bits per heavy atom. The summed E-state index contributed by atoms with van der Waals surface area (Å²) >= 11 is 5.29. The number of halogens is 1. The van der Waals surface area contributed by atoms with Crippen molar-refractivity contribution in [2.75, 3.05) is 23.8 Å². The second kappa shape index (κ2) is 8.49. The molecule has 0 saturated carbocycles. The highest BCUT2D eigenvalue weighted by Crippen LogP contribution is 2.29. The fraction of sp³-hybridized carbons (Fsp3) is 0.278. The van der Waals surface area contributed by atoms with Crippen molar-refractivity contribution in [3.63, 3.8) is 0 Å². The molecule has 4 nitrogen and oxygen atoms in total. The van der Waals surface area contributed by atoms with Crippen LogP contribution in [0.3, 0.4) is 0 Å². The van der Waals surface area contributed by atoms with Gasteiger partial charge in [0.1, 0.15) is 17.3 Å². The molecular formula is C18H21FN2O2S. The lowest BCUT2D eigenvalue weighted by molar-refractivity contribution is 0.332. The number of nitrogens with one attached hydrogen (secondary N) is 2. The van der Waals surface area contributed by atoms with Crippen LogP contribution in [0.4, 0.5) is 15.8 Å². The average molecular weight is 348 g/mol. The molecule has 0 unspecified atom stereocenters. The lowest BCUT2D eigenvalue weighted by Crippen LogP contribution is -2.20. The number of hydrogen-bond donors (Lipinski definition) is 2. The third-order valence-electron chi connectivity index (χ3n) is 3.18. The maximum Gasteiger partial charge on any atom is 0.175 e. The number of aryl methyl sites for hydroxylation is 1. The molecule has 6 heteroatoms. The van der Waals surface area contributed by atoms with E-state index in [0.717, 1.165) is 5.56 Å². The monoisotopic (exact) mass is 348 g/mol. The zero-order valence-corrected chi connectivity index (χ0v) is 14.8. The van der Waals surface area contributed by atoms with Crippen LogP contribution < -0.4 is 20.1 Å². The minimum absolute atomic E-state index is 0.272. The molecule has 0 aromatic heterocycles. The van der Waals surface area contributed by atoms with Gasteiger partial charge in [0.2, 0.25) is 0 Å². The highest BCUT2D eigenvalue weighted by molar-refractivity contribution is 7.80. The van der Waals surface area contributed by atoms with Crippen LogP contribution in [0.5, 0.6) is 11.5 Å². The zero-order valence-electron chi connectivity index (χ0n) is 14.0. The third kappa shape index (κ3) is 4.83. The van der Waals surface area contributed by atoms with E-state index in [9.17, 15) is 4.39 Å². The molecule has 0 saturated heterocycles. The Labute approximate surface area is 147 Å². The molecule has 2 aromatic carbocycles. The first kappa shape index (κ1) is 18.0. The summed E-state index contributed by atoms with van der Waals surface area (Å²) in [7, 11) is 0. The summed E-state index contributed by atoms with van der Waals surface area (Å²) in [6.45, 7) is 6.79. The molecule has 0 heterocycles. The molecule has 0 bridgehead atoms. The minimum atomic E-state index is -0.363. The van der Waals surface area contributed by atoms with Crippen molar-refractivity contribution >= 4 is 28.7 Å². The first-order valence-corrected chi connectivity index (χ1v) is 8.18. The zero-order chi connectivity index (χ0) is 17.5. The predicted octanol–water partition coefficient (Wildman–Crippen LogP) is 4.74. The van der Waals surface area contributed by atoms with E-state index in [1.54, 1.807) is 18.2 Å². The van der Waals surface area contributed by atoms with E-state index in [1.807, 2.05) is 32.9 Å². The molecule has 2 aromatic rings. The number of rotatable bonds is 6. The molecule has 0 spiro atoms. The molecule has 0 aliphatic rings. The molecule has 0 aliphatic heterocycles. The summed E-state index contributed by atoms with van der Waals surface area (Å²) < 4.78 is 24.9. The first-order valence-electron chi connectivity index (χ1n) is 7.77. The molecule has 0 fully saturated rings. The third-order valence-corrected chi connectivity index (χ3v) is 3.38. The van der Waals surface area contributed by atoms with Crippen molar-refractivity contribution in [3.05, 3.63) is 47.8 Å². The number of ether oxygens (including phenoxy) is 2. The van der Waals surface area contributed by atoms with E-state index >= 15 is 0 Å². The molecule has 0 atom stereocenters. The standard InChI is InChI=1S/C18H21FN2O2S/c1-4-22-13-7-9-17(23-5-2)16(11-13)21-18(24)20-15-10-12(3)6-8-14(15)19/h6-11H,4-5H2,1-3H3,(H2,20,21,24). The number of hydrogen-bond acceptors (Lipinski definition) is 3. The Bertz CT molecular complexity index is 722. The average Bonchev–Trinajstić information content (AvgIpc) is 2.54. The summed E-state index contributed by atoms with van der Waals surface area (Å²) in [6.07, 6.45) is 0. The van der Waals surface area contributed by atoms with Crippen LogP contribution in [-0.2, 0) is 0 Å². The Morgan fingerprint density at radius 1 is 1.00 bits per heavy atom. The highest BCUT2D eigenvalue weighted by Gasteiger charge is 2.10. The summed E-state index contributed by atoms with van der Waals surface area (Å²) in [5.74, 6) is 0.987. The Balaban J connectivity index is 2.17. The van der Waals surface area contributed by atoms with Crippen molar-refractivity contribution in [1.82, 2.24) is 0 Å². The van der Waals surface area contributed by atoms with Crippen LogP contribution in [0, 0.1) is 12.7 Å². The van der Waals surface area contributed by atoms with Crippen LogP contribution in [-0.4, -0.2) is 18.3 Å². The summed E-state index contributed by atoms with van der Waals surface area (Å²) in [4.78, 5) is 0. The smallest absolute Gasteiger partial charge is 0.175 e. The van der Waals surface area contributed by atoms with Crippen molar-refractivity contribution in [2.45, 2.75) is 20.8 Å². The van der Waals surface area contributed by atoms with Crippen LogP contribution in [0.15, 0.2) is 36.4 Å². The molecule has 0 aliphatic carbocycles. The van der Waals surface area contributed by atoms with Crippen molar-refractivity contribution < 1.29 is 13.9 Å². The van der Waals surface area contributed by atoms with Gasteiger partial charge in [-0.15, -0.1) is 0 Å². The van der Waals surface area contributed by atoms with Gasteiger partial charge in [0.15, 0.2) is 5.11 Å². The molecule has 0 amide bonds. The number of anilines is 2. The van der Waals surface area contributed by atoms with Gasteiger partial charge in [-0.2, -0.15) is 0 Å². The van der Waals surface area contributed by atoms with E-state index in [0.29, 0.717) is 36.1 Å². The quantitative estimate of drug-likeness (QED) is 0.738. The van der Waals surface area contributed by atoms with Gasteiger partial charge >= 0.3 is 0 Å². The fourth-order valence-electron chi connectivity index (χ4n) is 2.16. The van der Waals surface area contributed by atoms with E-state index < -0.39 is 0 Å². The van der Waals surface area contributed by atoms with Gasteiger partial charge in [0.05, 0.1) is 24.6 Å². The lowest BCUT2D eigenvalue weighted by atomic mass is 10.2. The Kier molecular flexibility index (Phi) is 6.37. The predicted molar refractivity (Wildman–Crippen MR) is 99.8 cm³/mol. The van der Waals surface area contributed by atoms with E-state index in [1.165, 1.54) is 6.07 Å². The normalized spacial score (nSPS) is 10.2. The van der Waals surface area contributed by atoms with Gasteiger partial charge in [-0.3, -0.25) is 0 Å². The van der Waals surface area contributed by atoms with E-state index in [-0.39, 0.29) is 10.9 Å². The Morgan fingerprint density at radius 2 is 1.71 bits per heavy atom. The van der Waals surface area contributed by atoms with Gasteiger partial charge in [-0.25, -0.2) is 4.39 Å². The highest BCUT2D eigenvalue weighted by atomic mass is 32.1. The van der Waals surface area contributed by atoms with Crippen LogP contribution in [0.1, 0.15) is 19.4 Å². The fourth-order valence-corrected chi connectivity index (χ4v) is 2.38.